The number of unbranched alkanes of at least 4 members (excludes halogenated alkanes) is 16. The predicted molar refractivity (Wildman–Crippen MR) is 223 cm³/mol. The molecule has 0 aliphatic heterocycles. The van der Waals surface area contributed by atoms with Crippen LogP contribution in [0.1, 0.15) is 161 Å². The molecule has 0 aromatic rings. The highest BCUT2D eigenvalue weighted by Crippen LogP contribution is 2.38. The van der Waals surface area contributed by atoms with Gasteiger partial charge in [0, 0.05) is 19.4 Å². The molecule has 0 saturated heterocycles. The Morgan fingerprint density at radius 2 is 1.09 bits per heavy atom. The largest absolute Gasteiger partial charge is 0.756 e. The summed E-state index contributed by atoms with van der Waals surface area (Å²) in [5, 5.41) is 8.79. The summed E-state index contributed by atoms with van der Waals surface area (Å²) in [6, 6.07) is 0. The molecule has 0 heterocycles. The Morgan fingerprint density at radius 1 is 0.618 bits per heavy atom. The maximum Gasteiger partial charge on any atom is 0.306 e. The van der Waals surface area contributed by atoms with Crippen molar-refractivity contribution >= 4 is 19.8 Å². The molecule has 0 amide bonds. The zero-order valence-electron chi connectivity index (χ0n) is 35.3. The first kappa shape index (κ1) is 52.9. The highest BCUT2D eigenvalue weighted by molar-refractivity contribution is 7.45. The second-order valence-electron chi connectivity index (χ2n) is 15.4. The fourth-order valence-electron chi connectivity index (χ4n) is 5.51. The summed E-state index contributed by atoms with van der Waals surface area (Å²) in [5.41, 5.74) is 0. The smallest absolute Gasteiger partial charge is 0.306 e. The van der Waals surface area contributed by atoms with Crippen molar-refractivity contribution in [1.29, 1.82) is 0 Å². The van der Waals surface area contributed by atoms with E-state index in [0.29, 0.717) is 23.9 Å². The van der Waals surface area contributed by atoms with E-state index in [-0.39, 0.29) is 32.7 Å². The van der Waals surface area contributed by atoms with Gasteiger partial charge in [-0.25, -0.2) is 0 Å². The molecule has 0 aromatic carbocycles. The van der Waals surface area contributed by atoms with Crippen LogP contribution in [0.3, 0.4) is 0 Å². The Morgan fingerprint density at radius 3 is 1.62 bits per heavy atom. The topological polar surface area (TPSA) is 131 Å². The van der Waals surface area contributed by atoms with Crippen molar-refractivity contribution in [3.8, 4) is 0 Å². The van der Waals surface area contributed by atoms with Gasteiger partial charge in [-0.2, -0.15) is 0 Å². The molecule has 0 spiro atoms. The van der Waals surface area contributed by atoms with Gasteiger partial charge in [0.15, 0.2) is 6.10 Å². The van der Waals surface area contributed by atoms with Crippen molar-refractivity contribution in [3.63, 3.8) is 0 Å². The molecule has 0 saturated carbocycles. The lowest BCUT2D eigenvalue weighted by Gasteiger charge is -2.28. The van der Waals surface area contributed by atoms with Crippen LogP contribution >= 0.6 is 7.82 Å². The molecular weight excluding hydrogens is 717 g/mol. The molecule has 320 valence electrons. The SMILES string of the molecule is CCCCCCCCCCCCCCCC(=O)O[C@H](COC(=O)CCC/C=C\C/C=C\C/C=C\C/C=C\CCCCCO)COP(=O)([O-])OCC[N+](C)(C)C. The molecule has 0 fully saturated rings. The maximum atomic E-state index is 12.6. The first-order valence-corrected chi connectivity index (χ1v) is 22.9. The molecule has 0 aromatic heterocycles. The highest BCUT2D eigenvalue weighted by atomic mass is 31.2. The van der Waals surface area contributed by atoms with E-state index >= 15 is 0 Å². The van der Waals surface area contributed by atoms with Gasteiger partial charge in [0.05, 0.1) is 27.7 Å². The number of phosphoric ester groups is 1. The van der Waals surface area contributed by atoms with Crippen LogP contribution in [0.5, 0.6) is 0 Å². The monoisotopic (exact) mass is 798 g/mol. The summed E-state index contributed by atoms with van der Waals surface area (Å²) in [4.78, 5) is 37.4. The van der Waals surface area contributed by atoms with Crippen molar-refractivity contribution in [3.05, 3.63) is 48.6 Å². The normalized spacial score (nSPS) is 14.1. The van der Waals surface area contributed by atoms with E-state index in [1.54, 1.807) is 0 Å². The number of aliphatic hydroxyl groups is 1. The van der Waals surface area contributed by atoms with Crippen LogP contribution in [0.15, 0.2) is 48.6 Å². The number of hydrogen-bond acceptors (Lipinski definition) is 9. The van der Waals surface area contributed by atoms with Crippen molar-refractivity contribution in [2.75, 3.05) is 54.1 Å². The van der Waals surface area contributed by atoms with Gasteiger partial charge in [0.25, 0.3) is 7.82 Å². The average molecular weight is 798 g/mol. The molecule has 1 unspecified atom stereocenters. The van der Waals surface area contributed by atoms with Crippen LogP contribution in [0.4, 0.5) is 0 Å². The predicted octanol–water partition coefficient (Wildman–Crippen LogP) is 10.2. The molecule has 55 heavy (non-hydrogen) atoms. The highest BCUT2D eigenvalue weighted by Gasteiger charge is 2.21. The summed E-state index contributed by atoms with van der Waals surface area (Å²) in [6.45, 7) is 2.16. The Kier molecular flexibility index (Phi) is 36.1. The van der Waals surface area contributed by atoms with Gasteiger partial charge >= 0.3 is 11.9 Å². The van der Waals surface area contributed by atoms with Gasteiger partial charge in [-0.3, -0.25) is 14.2 Å². The average Bonchev–Trinajstić information content (AvgIpc) is 3.13. The Balaban J connectivity index is 4.45. The van der Waals surface area contributed by atoms with Gasteiger partial charge < -0.3 is 33.0 Å². The number of ether oxygens (including phenoxy) is 2. The molecule has 2 atom stereocenters. The maximum absolute atomic E-state index is 12.6. The first-order chi connectivity index (χ1) is 26.5. The number of quaternary nitrogens is 1. The van der Waals surface area contributed by atoms with E-state index < -0.39 is 32.5 Å². The molecule has 0 bridgehead atoms. The molecule has 10 nitrogen and oxygen atoms in total. The van der Waals surface area contributed by atoms with Gasteiger partial charge in [-0.05, 0) is 57.8 Å². The summed E-state index contributed by atoms with van der Waals surface area (Å²) < 4.78 is 33.8. The number of nitrogens with zero attached hydrogens (tertiary/aromatic N) is 1. The van der Waals surface area contributed by atoms with Crippen LogP contribution in [0, 0.1) is 0 Å². The second-order valence-corrected chi connectivity index (χ2v) is 16.8. The molecule has 0 aliphatic carbocycles. The number of phosphoric acid groups is 1. The van der Waals surface area contributed by atoms with Crippen LogP contribution in [0.2, 0.25) is 0 Å². The van der Waals surface area contributed by atoms with Gasteiger partial charge in [0.2, 0.25) is 0 Å². The van der Waals surface area contributed by atoms with Crippen molar-refractivity contribution in [2.45, 2.75) is 167 Å². The van der Waals surface area contributed by atoms with Crippen LogP contribution < -0.4 is 4.89 Å². The molecule has 0 radical (unpaired) electrons. The van der Waals surface area contributed by atoms with Gasteiger partial charge in [-0.15, -0.1) is 0 Å². The van der Waals surface area contributed by atoms with Crippen LogP contribution in [-0.4, -0.2) is 81.7 Å². The summed E-state index contributed by atoms with van der Waals surface area (Å²) in [7, 11) is 1.12. The second kappa shape index (κ2) is 37.5. The minimum absolute atomic E-state index is 0.0442. The third-order valence-corrected chi connectivity index (χ3v) is 9.87. The number of hydrogen-bond donors (Lipinski definition) is 1. The zero-order chi connectivity index (χ0) is 40.7. The van der Waals surface area contributed by atoms with Gasteiger partial charge in [-0.1, -0.05) is 139 Å². The first-order valence-electron chi connectivity index (χ1n) is 21.5. The number of allylic oxidation sites excluding steroid dienone is 8. The lowest BCUT2D eigenvalue weighted by molar-refractivity contribution is -0.870. The van der Waals surface area contributed by atoms with E-state index in [0.717, 1.165) is 70.6 Å². The van der Waals surface area contributed by atoms with E-state index in [9.17, 15) is 19.0 Å². The zero-order valence-corrected chi connectivity index (χ0v) is 36.2. The number of carbonyl (C=O) groups excluding carboxylic acids is 2. The molecule has 0 aliphatic rings. The third kappa shape index (κ3) is 41.4. The van der Waals surface area contributed by atoms with Crippen molar-refractivity contribution < 1.29 is 47.2 Å². The summed E-state index contributed by atoms with van der Waals surface area (Å²) in [5.74, 6) is -0.914. The quantitative estimate of drug-likeness (QED) is 0.0212. The van der Waals surface area contributed by atoms with E-state index in [1.807, 2.05) is 27.2 Å². The van der Waals surface area contributed by atoms with E-state index in [2.05, 4.69) is 49.5 Å². The van der Waals surface area contributed by atoms with E-state index in [1.165, 1.54) is 57.8 Å². The number of carbonyl (C=O) groups is 2. The minimum atomic E-state index is -4.64. The third-order valence-electron chi connectivity index (χ3n) is 8.91. The number of rotatable bonds is 39. The van der Waals surface area contributed by atoms with Gasteiger partial charge in [0.1, 0.15) is 19.8 Å². The van der Waals surface area contributed by atoms with Crippen LogP contribution in [-0.2, 0) is 32.7 Å². The summed E-state index contributed by atoms with van der Waals surface area (Å²) in [6.07, 6.45) is 40.1. The number of likely N-dealkylation sites (N-methyl/N-ethyl adjacent to an activating group) is 1. The molecule has 11 heteroatoms. The molecule has 0 rings (SSSR count). The van der Waals surface area contributed by atoms with E-state index in [4.69, 9.17) is 23.6 Å². The molecular formula is C44H80NO9P. The van der Waals surface area contributed by atoms with Crippen molar-refractivity contribution in [1.82, 2.24) is 0 Å². The Labute approximate surface area is 336 Å². The molecule has 1 N–H and O–H groups in total. The Hall–Kier alpha value is -2.07. The fraction of sp³-hybridized carbons (Fsp3) is 0.773. The number of aliphatic hydroxyl groups excluding tert-OH is 1. The lowest BCUT2D eigenvalue weighted by Crippen LogP contribution is -2.37. The minimum Gasteiger partial charge on any atom is -0.756 e. The standard InChI is InChI=1S/C44H80NO9P/c1-5-6-7-8-9-10-11-17-21-24-27-30-33-36-44(48)54-42(41-53-55(49,50)52-39-37-45(2,3)4)40-51-43(47)35-32-29-26-23-20-18-15-13-12-14-16-19-22-25-28-31-34-38-46/h12,14-15,18-19,22-23,26,42,46H,5-11,13,16-17,20-21,24-25,27-41H2,1-4H3/b14-12-,18-15-,22-19-,26-23-/t42-/m1/s1. The summed E-state index contributed by atoms with van der Waals surface area (Å²) >= 11 is 0. The van der Waals surface area contributed by atoms with Crippen LogP contribution in [0.25, 0.3) is 0 Å². The number of esters is 2. The Bertz CT molecular complexity index is 1080. The van der Waals surface area contributed by atoms with Crippen molar-refractivity contribution in [2.24, 2.45) is 0 Å². The lowest BCUT2D eigenvalue weighted by atomic mass is 10.0. The fourth-order valence-corrected chi connectivity index (χ4v) is 6.24.